The van der Waals surface area contributed by atoms with Crippen molar-refractivity contribution in [1.29, 1.82) is 0 Å². The molecule has 2 N–H and O–H groups in total. The molecule has 0 aromatic carbocycles. The molecule has 0 amide bonds. The van der Waals surface area contributed by atoms with Crippen LogP contribution in [-0.2, 0) is 5.54 Å². The van der Waals surface area contributed by atoms with E-state index in [4.69, 9.17) is 0 Å². The van der Waals surface area contributed by atoms with E-state index in [9.17, 15) is 0 Å². The molecule has 1 aliphatic rings. The molecular weight excluding hydrogens is 200 g/mol. The van der Waals surface area contributed by atoms with E-state index in [1.165, 1.54) is 6.42 Å². The van der Waals surface area contributed by atoms with Gasteiger partial charge in [-0.2, -0.15) is 0 Å². The first-order valence-electron chi connectivity index (χ1n) is 5.90. The number of aromatic nitrogens is 3. The summed E-state index contributed by atoms with van der Waals surface area (Å²) in [6.45, 7) is 3.29. The van der Waals surface area contributed by atoms with E-state index in [-0.39, 0.29) is 5.54 Å². The highest BCUT2D eigenvalue weighted by atomic mass is 15.1. The Hall–Kier alpha value is -1.42. The quantitative estimate of drug-likeness (QED) is 0.806. The van der Waals surface area contributed by atoms with Crippen molar-refractivity contribution in [2.24, 2.45) is 0 Å². The van der Waals surface area contributed by atoms with Crippen LogP contribution in [0.3, 0.4) is 0 Å². The van der Waals surface area contributed by atoms with Gasteiger partial charge in [-0.3, -0.25) is 0 Å². The van der Waals surface area contributed by atoms with Crippen LogP contribution in [0.1, 0.15) is 32.0 Å². The Balaban J connectivity index is 2.10. The van der Waals surface area contributed by atoms with Crippen LogP contribution < -0.4 is 5.32 Å². The van der Waals surface area contributed by atoms with E-state index in [0.29, 0.717) is 0 Å². The third-order valence-electron chi connectivity index (χ3n) is 3.56. The molecule has 1 atom stereocenters. The molecule has 1 aliphatic heterocycles. The largest absolute Gasteiger partial charge is 0.339 e. The second-order valence-corrected chi connectivity index (χ2v) is 4.43. The maximum absolute atomic E-state index is 4.61. The molecule has 0 spiro atoms. The number of hydrogen-bond acceptors (Lipinski definition) is 3. The lowest BCUT2D eigenvalue weighted by Crippen LogP contribution is -2.37. The summed E-state index contributed by atoms with van der Waals surface area (Å²) in [7, 11) is 0. The number of nitrogens with zero attached hydrogens (tertiary/aromatic N) is 2. The Morgan fingerprint density at radius 1 is 1.50 bits per heavy atom. The van der Waals surface area contributed by atoms with Crippen molar-refractivity contribution in [2.75, 3.05) is 6.54 Å². The van der Waals surface area contributed by atoms with Crippen molar-refractivity contribution >= 4 is 11.2 Å². The molecule has 16 heavy (non-hydrogen) atoms. The predicted molar refractivity (Wildman–Crippen MR) is 63.1 cm³/mol. The zero-order valence-electron chi connectivity index (χ0n) is 9.45. The standard InChI is InChI=1S/C12H16N4/c1-2-12(6-4-8-14-12)11-15-9-5-3-7-13-10(9)16-11/h3,5,7,14H,2,4,6,8H2,1H3,(H,13,15,16). The van der Waals surface area contributed by atoms with E-state index in [1.807, 2.05) is 12.1 Å². The minimum atomic E-state index is 0.0424. The van der Waals surface area contributed by atoms with Crippen molar-refractivity contribution in [1.82, 2.24) is 20.3 Å². The zero-order valence-corrected chi connectivity index (χ0v) is 9.45. The van der Waals surface area contributed by atoms with Gasteiger partial charge in [0.1, 0.15) is 5.82 Å². The van der Waals surface area contributed by atoms with Gasteiger partial charge >= 0.3 is 0 Å². The van der Waals surface area contributed by atoms with Crippen LogP contribution in [-0.4, -0.2) is 21.5 Å². The van der Waals surface area contributed by atoms with Gasteiger partial charge in [-0.15, -0.1) is 0 Å². The molecule has 84 valence electrons. The van der Waals surface area contributed by atoms with Crippen molar-refractivity contribution in [3.05, 3.63) is 24.2 Å². The van der Waals surface area contributed by atoms with E-state index in [1.54, 1.807) is 6.20 Å². The van der Waals surface area contributed by atoms with Crippen LogP contribution in [0.5, 0.6) is 0 Å². The SMILES string of the molecule is CCC1(c2nc3ncccc3[nH]2)CCCN1. The summed E-state index contributed by atoms with van der Waals surface area (Å²) >= 11 is 0. The first-order chi connectivity index (χ1) is 7.84. The van der Waals surface area contributed by atoms with Gasteiger partial charge < -0.3 is 10.3 Å². The number of nitrogens with one attached hydrogen (secondary N) is 2. The Morgan fingerprint density at radius 2 is 2.44 bits per heavy atom. The van der Waals surface area contributed by atoms with E-state index in [0.717, 1.165) is 36.4 Å². The monoisotopic (exact) mass is 216 g/mol. The number of rotatable bonds is 2. The fraction of sp³-hybridized carbons (Fsp3) is 0.500. The number of H-pyrrole nitrogens is 1. The predicted octanol–water partition coefficient (Wildman–Crippen LogP) is 1.95. The summed E-state index contributed by atoms with van der Waals surface area (Å²) in [5, 5.41) is 3.58. The average molecular weight is 216 g/mol. The third-order valence-corrected chi connectivity index (χ3v) is 3.56. The Morgan fingerprint density at radius 3 is 3.12 bits per heavy atom. The zero-order chi connectivity index (χ0) is 11.0. The molecule has 3 heterocycles. The minimum absolute atomic E-state index is 0.0424. The van der Waals surface area contributed by atoms with Gasteiger partial charge in [0.2, 0.25) is 0 Å². The molecule has 2 aromatic rings. The van der Waals surface area contributed by atoms with Crippen LogP contribution in [0.2, 0.25) is 0 Å². The Bertz CT molecular complexity index is 463. The van der Waals surface area contributed by atoms with Crippen molar-refractivity contribution in [2.45, 2.75) is 31.7 Å². The summed E-state index contributed by atoms with van der Waals surface area (Å²) < 4.78 is 0. The molecule has 2 aromatic heterocycles. The van der Waals surface area contributed by atoms with Crippen molar-refractivity contribution in [3.63, 3.8) is 0 Å². The van der Waals surface area contributed by atoms with Gasteiger partial charge in [0.15, 0.2) is 5.65 Å². The molecular formula is C12H16N4. The van der Waals surface area contributed by atoms with Gasteiger partial charge in [-0.1, -0.05) is 6.92 Å². The first-order valence-corrected chi connectivity index (χ1v) is 5.90. The second kappa shape index (κ2) is 3.56. The summed E-state index contributed by atoms with van der Waals surface area (Å²) in [5.74, 6) is 1.04. The van der Waals surface area contributed by atoms with Gasteiger partial charge in [0, 0.05) is 6.20 Å². The molecule has 1 saturated heterocycles. The summed E-state index contributed by atoms with van der Waals surface area (Å²) in [6, 6.07) is 3.96. The Labute approximate surface area is 94.5 Å². The molecule has 4 nitrogen and oxygen atoms in total. The summed E-state index contributed by atoms with van der Waals surface area (Å²) in [6.07, 6.45) is 5.22. The number of fused-ring (bicyclic) bond motifs is 1. The van der Waals surface area contributed by atoms with Crippen LogP contribution in [0.25, 0.3) is 11.2 Å². The first kappa shape index (κ1) is 9.78. The van der Waals surface area contributed by atoms with Crippen LogP contribution in [0, 0.1) is 0 Å². The fourth-order valence-electron chi connectivity index (χ4n) is 2.55. The van der Waals surface area contributed by atoms with Gasteiger partial charge in [0.25, 0.3) is 0 Å². The smallest absolute Gasteiger partial charge is 0.177 e. The fourth-order valence-corrected chi connectivity index (χ4v) is 2.55. The maximum Gasteiger partial charge on any atom is 0.177 e. The molecule has 0 aliphatic carbocycles. The lowest BCUT2D eigenvalue weighted by Gasteiger charge is -2.25. The summed E-state index contributed by atoms with van der Waals surface area (Å²) in [5.41, 5.74) is 1.89. The van der Waals surface area contributed by atoms with Crippen LogP contribution in [0.15, 0.2) is 18.3 Å². The normalized spacial score (nSPS) is 25.3. The number of hydrogen-bond donors (Lipinski definition) is 2. The second-order valence-electron chi connectivity index (χ2n) is 4.43. The minimum Gasteiger partial charge on any atom is -0.339 e. The average Bonchev–Trinajstić information content (AvgIpc) is 2.96. The molecule has 4 heteroatoms. The van der Waals surface area contributed by atoms with Gasteiger partial charge in [-0.05, 0) is 37.9 Å². The summed E-state index contributed by atoms with van der Waals surface area (Å²) in [4.78, 5) is 12.3. The molecule has 0 bridgehead atoms. The maximum atomic E-state index is 4.61. The highest BCUT2D eigenvalue weighted by molar-refractivity contribution is 5.70. The van der Waals surface area contributed by atoms with Gasteiger partial charge in [0.05, 0.1) is 11.1 Å². The number of imidazole rings is 1. The highest BCUT2D eigenvalue weighted by Crippen LogP contribution is 2.32. The van der Waals surface area contributed by atoms with Crippen molar-refractivity contribution in [3.8, 4) is 0 Å². The molecule has 0 saturated carbocycles. The van der Waals surface area contributed by atoms with E-state index < -0.39 is 0 Å². The van der Waals surface area contributed by atoms with Crippen molar-refractivity contribution < 1.29 is 0 Å². The molecule has 1 fully saturated rings. The Kier molecular flexibility index (Phi) is 2.17. The van der Waals surface area contributed by atoms with Gasteiger partial charge in [-0.25, -0.2) is 9.97 Å². The lowest BCUT2D eigenvalue weighted by atomic mass is 9.93. The number of aromatic amines is 1. The van der Waals surface area contributed by atoms with Crippen LogP contribution in [0.4, 0.5) is 0 Å². The molecule has 1 unspecified atom stereocenters. The molecule has 0 radical (unpaired) electrons. The van der Waals surface area contributed by atoms with E-state index in [2.05, 4.69) is 27.2 Å². The van der Waals surface area contributed by atoms with E-state index >= 15 is 0 Å². The van der Waals surface area contributed by atoms with Crippen LogP contribution >= 0.6 is 0 Å². The number of pyridine rings is 1. The topological polar surface area (TPSA) is 53.6 Å². The lowest BCUT2D eigenvalue weighted by molar-refractivity contribution is 0.356. The highest BCUT2D eigenvalue weighted by Gasteiger charge is 2.36. The molecule has 3 rings (SSSR count). The third kappa shape index (κ3) is 1.33.